The van der Waals surface area contributed by atoms with Gasteiger partial charge in [0.15, 0.2) is 0 Å². The predicted octanol–water partition coefficient (Wildman–Crippen LogP) is 30.4. The van der Waals surface area contributed by atoms with Gasteiger partial charge in [-0.15, -0.1) is 0 Å². The minimum atomic E-state index is -0.213. The minimum absolute atomic E-state index is 0.155. The summed E-state index contributed by atoms with van der Waals surface area (Å²) in [6.07, 6.45) is 59.2. The summed E-state index contributed by atoms with van der Waals surface area (Å²) in [6, 6.07) is 0. The third kappa shape index (κ3) is 33.6. The van der Waals surface area contributed by atoms with Crippen LogP contribution in [-0.4, -0.2) is 186 Å². The average molecular weight is 1800 g/mol. The lowest BCUT2D eigenvalue weighted by Crippen LogP contribution is -2.60. The molecule has 0 aromatic rings. The van der Waals surface area contributed by atoms with E-state index in [1.54, 1.807) is 25.7 Å². The second kappa shape index (κ2) is 42.5. The molecule has 9 spiro atoms. The molecule has 0 radical (unpaired) electrons. The summed E-state index contributed by atoms with van der Waals surface area (Å²) in [5.74, 6) is 9.34. The van der Waals surface area contributed by atoms with Gasteiger partial charge >= 0.3 is 0 Å². The normalized spacial score (nSPS) is 30.2. The Morgan fingerprint density at radius 2 is 0.589 bits per heavy atom. The van der Waals surface area contributed by atoms with Crippen molar-refractivity contribution in [3.8, 4) is 0 Å². The maximum Gasteiger partial charge on any atom is 0.146 e. The molecule has 9 heteroatoms. The molecule has 11 aliphatic carbocycles. The number of Topliss-reactive ketones (excluding diaryl/α,β-unsaturated/α-hetero) is 2. The van der Waals surface area contributed by atoms with Gasteiger partial charge in [0.25, 0.3) is 0 Å². The summed E-state index contributed by atoms with van der Waals surface area (Å²) < 4.78 is 0. The Hall–Kier alpha value is -0.940. The zero-order valence-electron chi connectivity index (χ0n) is 93.4. The fraction of sp³-hybridized carbons (Fsp3) is 0.983. The van der Waals surface area contributed by atoms with Crippen LogP contribution in [0.5, 0.6) is 0 Å². The highest BCUT2D eigenvalue weighted by atomic mass is 16.2. The van der Waals surface area contributed by atoms with Crippen LogP contribution in [0.2, 0.25) is 0 Å². The number of ketones is 2. The van der Waals surface area contributed by atoms with Crippen molar-refractivity contribution in [2.45, 2.75) is 464 Å². The SMILES string of the molecule is CC(C)(C)C1CC2(CC(=O)CC2=O)C1.CC(C)(C)CC1CC2(CCCCC2)C1.CCN1CCC2(CC1)CC(C(C)(C)C)C2.CN1CC2(CC(CC(C)(C)C)C2)C1.CN1CCC2(CC1)CC(CC(C)(C)C)C2.CN1CCC2(CC1)CC(CCC(C)(C)C)C2.CN1CCC2(CC1)CC2CC(C)(C)C.CN1CCC2(CC1)CC2CCC(C)(C)C.CN1CCC2(CC2CC(C)(C)C)C1. The Kier molecular flexibility index (Phi) is 36.2. The molecule has 18 rings (SSSR count). The van der Waals surface area contributed by atoms with Crippen LogP contribution >= 0.6 is 0 Å². The van der Waals surface area contributed by atoms with E-state index in [0.717, 1.165) is 104 Å². The van der Waals surface area contributed by atoms with Crippen LogP contribution < -0.4 is 0 Å². The Bertz CT molecular complexity index is 3350. The van der Waals surface area contributed by atoms with Crippen LogP contribution in [0.1, 0.15) is 464 Å². The monoisotopic (exact) mass is 1800 g/mol. The van der Waals surface area contributed by atoms with E-state index < -0.39 is 0 Å². The Morgan fingerprint density at radius 3 is 0.938 bits per heavy atom. The van der Waals surface area contributed by atoms with Crippen LogP contribution in [0.25, 0.3) is 0 Å². The van der Waals surface area contributed by atoms with E-state index in [1.165, 1.54) is 316 Å². The minimum Gasteiger partial charge on any atom is -0.306 e. The summed E-state index contributed by atoms with van der Waals surface area (Å²) >= 11 is 0. The smallest absolute Gasteiger partial charge is 0.146 e. The maximum absolute atomic E-state index is 11.6. The molecule has 129 heavy (non-hydrogen) atoms. The number of rotatable bonds is 10. The van der Waals surface area contributed by atoms with Crippen LogP contribution in [-0.2, 0) is 9.59 Å². The largest absolute Gasteiger partial charge is 0.306 e. The van der Waals surface area contributed by atoms with E-state index in [9.17, 15) is 9.59 Å². The molecule has 9 nitrogen and oxygen atoms in total. The summed E-state index contributed by atoms with van der Waals surface area (Å²) in [5, 5.41) is 0. The average Bonchev–Trinajstić information content (AvgIpc) is 1.06. The van der Waals surface area contributed by atoms with Crippen LogP contribution in [0.4, 0.5) is 0 Å². The van der Waals surface area contributed by atoms with Gasteiger partial charge in [0.1, 0.15) is 11.6 Å². The summed E-state index contributed by atoms with van der Waals surface area (Å²) in [7, 11) is 13.6. The van der Waals surface area contributed by atoms with Gasteiger partial charge in [0.05, 0.1) is 6.42 Å². The Labute approximate surface area is 805 Å². The second-order valence-electron chi connectivity index (χ2n) is 62.3. The maximum atomic E-state index is 11.6. The molecule has 0 bridgehead atoms. The highest BCUT2D eigenvalue weighted by molar-refractivity contribution is 6.09. The van der Waals surface area contributed by atoms with E-state index in [1.807, 2.05) is 0 Å². The third-order valence-electron chi connectivity index (χ3n) is 38.5. The number of hydrogen-bond acceptors (Lipinski definition) is 9. The number of hydrogen-bond donors (Lipinski definition) is 0. The van der Waals surface area contributed by atoms with E-state index in [-0.39, 0.29) is 28.8 Å². The molecule has 7 heterocycles. The number of piperidine rings is 5. The van der Waals surface area contributed by atoms with Crippen molar-refractivity contribution in [2.75, 3.05) is 140 Å². The van der Waals surface area contributed by atoms with Gasteiger partial charge in [-0.25, -0.2) is 0 Å². The van der Waals surface area contributed by atoms with Gasteiger partial charge in [-0.1, -0.05) is 213 Å². The summed E-state index contributed by atoms with van der Waals surface area (Å²) in [4.78, 5) is 40.4. The molecular formula is C120H225N7O2. The van der Waals surface area contributed by atoms with E-state index in [2.05, 4.69) is 270 Å². The fourth-order valence-electron chi connectivity index (χ4n) is 30.1. The van der Waals surface area contributed by atoms with Crippen molar-refractivity contribution in [3.63, 3.8) is 0 Å². The summed E-state index contributed by atoms with van der Waals surface area (Å²) in [5.41, 5.74) is 10.7. The Morgan fingerprint density at radius 1 is 0.279 bits per heavy atom. The van der Waals surface area contributed by atoms with Crippen molar-refractivity contribution in [2.24, 2.45) is 151 Å². The van der Waals surface area contributed by atoms with E-state index >= 15 is 0 Å². The first-order valence-electron chi connectivity index (χ1n) is 56.1. The van der Waals surface area contributed by atoms with Crippen molar-refractivity contribution in [3.05, 3.63) is 0 Å². The molecule has 0 aromatic carbocycles. The quantitative estimate of drug-likeness (QED) is 0.199. The molecule has 18 fully saturated rings. The molecule has 18 aliphatic rings. The number of carbonyl (C=O) groups excluding carboxylic acids is 2. The van der Waals surface area contributed by atoms with Gasteiger partial charge in [-0.3, -0.25) is 9.59 Å². The molecule has 752 valence electrons. The lowest BCUT2D eigenvalue weighted by Gasteiger charge is -2.59. The molecule has 0 aromatic heterocycles. The van der Waals surface area contributed by atoms with Gasteiger partial charge in [-0.05, 0) is 504 Å². The van der Waals surface area contributed by atoms with Crippen molar-refractivity contribution >= 4 is 11.6 Å². The van der Waals surface area contributed by atoms with E-state index in [4.69, 9.17) is 0 Å². The van der Waals surface area contributed by atoms with Crippen LogP contribution in [0, 0.1) is 151 Å². The molecule has 7 saturated heterocycles. The number of carbonyl (C=O) groups is 2. The van der Waals surface area contributed by atoms with Gasteiger partial charge in [0, 0.05) is 31.5 Å². The standard InChI is InChI=1S/C15H29N.3C14H27N.C14H26.C13H25N.2C12H23N.C12H18O2/c1-14(2,3)6-5-13-11-15(12-13)7-9-16(4)10-8-15;1-13(2,3)9-12-10-14(11-12)5-7-15(4)8-6-14;1-13(2,3)6-5-12-11-14(12)7-9-15(4)10-8-14;1-5-15-8-6-14(7-9-15)10-12(11-14)13(2,3)4;1-13(2,3)9-12-10-14(11-12)7-5-4-6-8-14;1-12(2,3)9-11-10-13(11)5-7-14(4)8-6-13;1-11(2,3)5-10-6-12(7-10)8-13(4)9-12;1-11(2,3)7-10-8-12(10)5-6-13(4)9-12;1-11(2,3)8-5-12(6-8)7-9(13)4-10(12)14/h13H,5-12H2,1-4H3;3*12H,5-11H2,1-4H3;12H,4-11H2,1-3H3;11H,5-10H2,1-4H3;2*10H,5-9H2,1-4H3;8H,4-7H2,1-3H3. The highest BCUT2D eigenvalue weighted by Gasteiger charge is 2.61. The van der Waals surface area contributed by atoms with Crippen molar-refractivity contribution < 1.29 is 9.59 Å². The first-order valence-corrected chi connectivity index (χ1v) is 56.1. The fourth-order valence-corrected chi connectivity index (χ4v) is 30.1. The van der Waals surface area contributed by atoms with Crippen LogP contribution in [0.3, 0.4) is 0 Å². The topological polar surface area (TPSA) is 56.8 Å². The third-order valence-corrected chi connectivity index (χ3v) is 38.5. The number of nitrogens with zero attached hydrogens (tertiary/aromatic N) is 7. The van der Waals surface area contributed by atoms with Crippen molar-refractivity contribution in [1.82, 2.24) is 34.3 Å². The number of likely N-dealkylation sites (tertiary alicyclic amines) is 7. The van der Waals surface area contributed by atoms with Crippen LogP contribution in [0.15, 0.2) is 0 Å². The molecule has 4 unspecified atom stereocenters. The van der Waals surface area contributed by atoms with Gasteiger partial charge in [0.2, 0.25) is 0 Å². The van der Waals surface area contributed by atoms with Gasteiger partial charge < -0.3 is 34.3 Å². The zero-order valence-corrected chi connectivity index (χ0v) is 93.4. The second-order valence-corrected chi connectivity index (χ2v) is 62.3. The molecule has 11 saturated carbocycles. The first-order chi connectivity index (χ1) is 59.2. The predicted molar refractivity (Wildman–Crippen MR) is 559 cm³/mol. The Balaban J connectivity index is 0.000000151. The van der Waals surface area contributed by atoms with Gasteiger partial charge in [-0.2, -0.15) is 0 Å². The zero-order chi connectivity index (χ0) is 95.7. The summed E-state index contributed by atoms with van der Waals surface area (Å²) in [6.45, 7) is 86.2. The van der Waals surface area contributed by atoms with E-state index in [0.29, 0.717) is 55.7 Å². The molecular weight excluding hydrogens is 1570 g/mol. The molecule has 0 amide bonds. The first kappa shape index (κ1) is 110. The molecule has 0 N–H and O–H groups in total. The lowest BCUT2D eigenvalue weighted by atomic mass is 9.52. The lowest BCUT2D eigenvalue weighted by molar-refractivity contribution is -0.136. The van der Waals surface area contributed by atoms with Crippen molar-refractivity contribution in [1.29, 1.82) is 0 Å². The molecule has 7 aliphatic heterocycles. The molecule has 4 atom stereocenters. The highest BCUT2D eigenvalue weighted by Crippen LogP contribution is 2.67.